The van der Waals surface area contributed by atoms with Crippen LogP contribution in [-0.4, -0.2) is 25.0 Å². The molecule has 0 aromatic heterocycles. The first-order chi connectivity index (χ1) is 6.65. The predicted octanol–water partition coefficient (Wildman–Crippen LogP) is 0.630. The molecule has 1 N–H and O–H groups in total. The van der Waals surface area contributed by atoms with Crippen LogP contribution in [0.2, 0.25) is 0 Å². The van der Waals surface area contributed by atoms with E-state index in [2.05, 4.69) is 10.1 Å². The number of hydrogen-bond donors (Lipinski definition) is 1. The molecule has 0 aliphatic heterocycles. The topological polar surface area (TPSA) is 55.4 Å². The first-order valence-corrected chi connectivity index (χ1v) is 4.65. The third-order valence-corrected chi connectivity index (χ3v) is 2.32. The molecule has 4 heteroatoms. The molecule has 2 atom stereocenters. The van der Waals surface area contributed by atoms with Crippen molar-refractivity contribution >= 4 is 11.9 Å². The van der Waals surface area contributed by atoms with Gasteiger partial charge in [0.25, 0.3) is 0 Å². The Morgan fingerprint density at radius 1 is 1.36 bits per heavy atom. The summed E-state index contributed by atoms with van der Waals surface area (Å²) in [5.41, 5.74) is 0. The van der Waals surface area contributed by atoms with E-state index in [9.17, 15) is 9.59 Å². The van der Waals surface area contributed by atoms with Gasteiger partial charge in [-0.25, -0.2) is 0 Å². The van der Waals surface area contributed by atoms with Crippen molar-refractivity contribution < 1.29 is 14.3 Å². The maximum atomic E-state index is 11.4. The summed E-state index contributed by atoms with van der Waals surface area (Å²) < 4.78 is 4.68. The Labute approximate surface area is 83.3 Å². The normalized spacial score (nSPS) is 25.6. The number of methoxy groups -OCH3 is 1. The lowest BCUT2D eigenvalue weighted by Gasteiger charge is -2.26. The molecule has 0 aromatic carbocycles. The van der Waals surface area contributed by atoms with E-state index in [0.717, 1.165) is 0 Å². The summed E-state index contributed by atoms with van der Waals surface area (Å²) in [6.07, 6.45) is 5.25. The molecule has 1 aliphatic carbocycles. The molecular weight excluding hydrogens is 182 g/mol. The van der Waals surface area contributed by atoms with Crippen molar-refractivity contribution in [3.05, 3.63) is 12.2 Å². The van der Waals surface area contributed by atoms with Crippen LogP contribution in [0.15, 0.2) is 12.2 Å². The van der Waals surface area contributed by atoms with Crippen molar-refractivity contribution in [3.8, 4) is 0 Å². The average Bonchev–Trinajstić information content (AvgIpc) is 2.16. The molecule has 0 unspecified atom stereocenters. The molecule has 0 saturated heterocycles. The predicted molar refractivity (Wildman–Crippen MR) is 51.5 cm³/mol. The molecule has 78 valence electrons. The Kier molecular flexibility index (Phi) is 3.68. The van der Waals surface area contributed by atoms with Gasteiger partial charge in [-0.15, -0.1) is 0 Å². The quantitative estimate of drug-likeness (QED) is 0.522. The molecule has 1 rings (SSSR count). The molecule has 0 spiro atoms. The largest absolute Gasteiger partial charge is 0.469 e. The molecule has 0 saturated carbocycles. The number of rotatable bonds is 2. The van der Waals surface area contributed by atoms with Crippen LogP contribution in [-0.2, 0) is 14.3 Å². The van der Waals surface area contributed by atoms with Crippen LogP contribution in [0.4, 0.5) is 0 Å². The molecule has 4 nitrogen and oxygen atoms in total. The minimum absolute atomic E-state index is 0.112. The number of amides is 1. The summed E-state index contributed by atoms with van der Waals surface area (Å²) >= 11 is 0. The fourth-order valence-corrected chi connectivity index (χ4v) is 1.65. The number of esters is 1. The van der Waals surface area contributed by atoms with Crippen molar-refractivity contribution in [1.29, 1.82) is 0 Å². The second-order valence-electron chi connectivity index (χ2n) is 3.38. The molecular formula is C10H15NO3. The number of carbonyl (C=O) groups is 2. The average molecular weight is 197 g/mol. The van der Waals surface area contributed by atoms with Gasteiger partial charge in [-0.2, -0.15) is 0 Å². The SMILES string of the molecule is COC(=O)[C@H]1CC=CC[C@@H]1NC(C)=O. The monoisotopic (exact) mass is 197 g/mol. The van der Waals surface area contributed by atoms with Gasteiger partial charge in [0.2, 0.25) is 5.91 Å². The van der Waals surface area contributed by atoms with Crippen molar-refractivity contribution in [3.63, 3.8) is 0 Å². The van der Waals surface area contributed by atoms with Gasteiger partial charge >= 0.3 is 5.97 Å². The Balaban J connectivity index is 2.65. The molecule has 0 bridgehead atoms. The lowest BCUT2D eigenvalue weighted by atomic mass is 9.89. The van der Waals surface area contributed by atoms with Crippen molar-refractivity contribution in [2.75, 3.05) is 7.11 Å². The zero-order valence-corrected chi connectivity index (χ0v) is 8.45. The van der Waals surface area contributed by atoms with E-state index in [1.807, 2.05) is 12.2 Å². The fourth-order valence-electron chi connectivity index (χ4n) is 1.65. The summed E-state index contributed by atoms with van der Waals surface area (Å²) in [7, 11) is 1.37. The molecule has 0 heterocycles. The van der Waals surface area contributed by atoms with Crippen LogP contribution in [0.25, 0.3) is 0 Å². The van der Waals surface area contributed by atoms with Gasteiger partial charge in [0.15, 0.2) is 0 Å². The third-order valence-electron chi connectivity index (χ3n) is 2.32. The van der Waals surface area contributed by atoms with Gasteiger partial charge in [-0.3, -0.25) is 9.59 Å². The molecule has 14 heavy (non-hydrogen) atoms. The van der Waals surface area contributed by atoms with E-state index < -0.39 is 0 Å². The maximum Gasteiger partial charge on any atom is 0.311 e. The number of carbonyl (C=O) groups excluding carboxylic acids is 2. The Morgan fingerprint density at radius 2 is 2.00 bits per heavy atom. The van der Waals surface area contributed by atoms with Crippen molar-refractivity contribution in [2.24, 2.45) is 5.92 Å². The van der Waals surface area contributed by atoms with E-state index in [1.165, 1.54) is 14.0 Å². The van der Waals surface area contributed by atoms with E-state index in [1.54, 1.807) is 0 Å². The molecule has 1 aliphatic rings. The lowest BCUT2D eigenvalue weighted by Crippen LogP contribution is -2.43. The highest BCUT2D eigenvalue weighted by atomic mass is 16.5. The highest BCUT2D eigenvalue weighted by molar-refractivity contribution is 5.77. The van der Waals surface area contributed by atoms with Crippen LogP contribution in [0, 0.1) is 5.92 Å². The van der Waals surface area contributed by atoms with Gasteiger partial charge in [0.1, 0.15) is 0 Å². The van der Waals surface area contributed by atoms with Crippen molar-refractivity contribution in [2.45, 2.75) is 25.8 Å². The van der Waals surface area contributed by atoms with Gasteiger partial charge in [0.05, 0.1) is 13.0 Å². The summed E-state index contributed by atoms with van der Waals surface area (Å²) in [5.74, 6) is -0.610. The highest BCUT2D eigenvalue weighted by Gasteiger charge is 2.29. The first-order valence-electron chi connectivity index (χ1n) is 4.65. The van der Waals surface area contributed by atoms with Crippen molar-refractivity contribution in [1.82, 2.24) is 5.32 Å². The summed E-state index contributed by atoms with van der Waals surface area (Å²) in [6, 6.07) is -0.120. The van der Waals surface area contributed by atoms with E-state index in [-0.39, 0.29) is 23.8 Å². The van der Waals surface area contributed by atoms with E-state index >= 15 is 0 Å². The van der Waals surface area contributed by atoms with Crippen LogP contribution < -0.4 is 5.32 Å². The Hall–Kier alpha value is -1.32. The van der Waals surface area contributed by atoms with Crippen LogP contribution in [0.5, 0.6) is 0 Å². The Bertz CT molecular complexity index is 260. The molecule has 0 aromatic rings. The number of ether oxygens (including phenoxy) is 1. The summed E-state index contributed by atoms with van der Waals surface area (Å²) in [5, 5.41) is 2.76. The van der Waals surface area contributed by atoms with Crippen LogP contribution in [0.1, 0.15) is 19.8 Å². The standard InChI is InChI=1S/C10H15NO3/c1-7(12)11-9-6-4-3-5-8(9)10(13)14-2/h3-4,8-9H,5-6H2,1-2H3,(H,11,12)/t8-,9-/m0/s1. The fraction of sp³-hybridized carbons (Fsp3) is 0.600. The first kappa shape index (κ1) is 10.8. The van der Waals surface area contributed by atoms with Gasteiger partial charge in [0, 0.05) is 13.0 Å². The van der Waals surface area contributed by atoms with Crippen LogP contribution >= 0.6 is 0 Å². The minimum Gasteiger partial charge on any atom is -0.469 e. The zero-order chi connectivity index (χ0) is 10.6. The number of nitrogens with one attached hydrogen (secondary N) is 1. The maximum absolute atomic E-state index is 11.4. The second kappa shape index (κ2) is 4.79. The number of allylic oxidation sites excluding steroid dienone is 1. The number of hydrogen-bond acceptors (Lipinski definition) is 3. The molecule has 0 fully saturated rings. The lowest BCUT2D eigenvalue weighted by molar-refractivity contribution is -0.146. The van der Waals surface area contributed by atoms with E-state index in [0.29, 0.717) is 12.8 Å². The molecule has 1 amide bonds. The minimum atomic E-state index is -0.256. The summed E-state index contributed by atoms with van der Waals surface area (Å²) in [4.78, 5) is 22.2. The van der Waals surface area contributed by atoms with E-state index in [4.69, 9.17) is 0 Å². The summed E-state index contributed by atoms with van der Waals surface area (Å²) in [6.45, 7) is 1.45. The molecule has 0 radical (unpaired) electrons. The van der Waals surface area contributed by atoms with Crippen LogP contribution in [0.3, 0.4) is 0 Å². The van der Waals surface area contributed by atoms with Gasteiger partial charge < -0.3 is 10.1 Å². The zero-order valence-electron chi connectivity index (χ0n) is 8.45. The van der Waals surface area contributed by atoms with Gasteiger partial charge in [-0.1, -0.05) is 12.2 Å². The third kappa shape index (κ3) is 2.58. The van der Waals surface area contributed by atoms with Gasteiger partial charge in [-0.05, 0) is 12.8 Å². The smallest absolute Gasteiger partial charge is 0.311 e. The Morgan fingerprint density at radius 3 is 2.57 bits per heavy atom. The second-order valence-corrected chi connectivity index (χ2v) is 3.38. The highest BCUT2D eigenvalue weighted by Crippen LogP contribution is 2.20.